The summed E-state index contributed by atoms with van der Waals surface area (Å²) in [5.41, 5.74) is 0.824. The second kappa shape index (κ2) is 5.74. The summed E-state index contributed by atoms with van der Waals surface area (Å²) in [6, 6.07) is 10.2. The fourth-order valence-corrected chi connectivity index (χ4v) is 2.18. The predicted octanol–water partition coefficient (Wildman–Crippen LogP) is 2.98. The van der Waals surface area contributed by atoms with Gasteiger partial charge in [-0.15, -0.1) is 0 Å². The fraction of sp³-hybridized carbons (Fsp3) is 0.562. The molecule has 19 heavy (non-hydrogen) atoms. The maximum Gasteiger partial charge on any atom is 0.306 e. The molecule has 0 unspecified atom stereocenters. The van der Waals surface area contributed by atoms with Gasteiger partial charge in [0.1, 0.15) is 5.60 Å². The quantitative estimate of drug-likeness (QED) is 0.605. The monoisotopic (exact) mass is 262 g/mol. The summed E-state index contributed by atoms with van der Waals surface area (Å²) in [4.78, 5) is 11.9. The van der Waals surface area contributed by atoms with Crippen LogP contribution in [-0.2, 0) is 20.7 Å². The van der Waals surface area contributed by atoms with Crippen molar-refractivity contribution in [2.24, 2.45) is 5.92 Å². The molecule has 0 aromatic heterocycles. The third-order valence-electron chi connectivity index (χ3n) is 3.07. The van der Waals surface area contributed by atoms with Crippen molar-refractivity contribution in [1.29, 1.82) is 0 Å². The molecule has 3 nitrogen and oxygen atoms in total. The van der Waals surface area contributed by atoms with Crippen molar-refractivity contribution in [3.8, 4) is 0 Å². The summed E-state index contributed by atoms with van der Waals surface area (Å²) >= 11 is 0. The van der Waals surface area contributed by atoms with Crippen LogP contribution in [0.5, 0.6) is 0 Å². The van der Waals surface area contributed by atoms with E-state index < -0.39 is 5.60 Å². The zero-order valence-electron chi connectivity index (χ0n) is 11.9. The number of hydrogen-bond acceptors (Lipinski definition) is 3. The van der Waals surface area contributed by atoms with Crippen molar-refractivity contribution in [2.45, 2.75) is 45.3 Å². The Bertz CT molecular complexity index is 415. The van der Waals surface area contributed by atoms with Crippen LogP contribution in [0.15, 0.2) is 30.3 Å². The first-order valence-electron chi connectivity index (χ1n) is 6.81. The lowest BCUT2D eigenvalue weighted by atomic mass is 9.93. The zero-order chi connectivity index (χ0) is 13.9. The lowest BCUT2D eigenvalue weighted by Crippen LogP contribution is -2.27. The molecule has 1 aliphatic rings. The van der Waals surface area contributed by atoms with Gasteiger partial charge in [-0.3, -0.25) is 4.79 Å². The number of epoxide rings is 1. The number of carbonyl (C=O) groups excluding carboxylic acids is 1. The molecule has 2 atom stereocenters. The minimum Gasteiger partial charge on any atom is -0.460 e. The van der Waals surface area contributed by atoms with Gasteiger partial charge in [-0.1, -0.05) is 30.3 Å². The molecule has 1 aliphatic heterocycles. The highest BCUT2D eigenvalue weighted by molar-refractivity contribution is 5.70. The third kappa shape index (κ3) is 5.03. The minimum absolute atomic E-state index is 0.135. The number of ether oxygens (including phenoxy) is 2. The maximum atomic E-state index is 11.9. The van der Waals surface area contributed by atoms with Crippen molar-refractivity contribution < 1.29 is 14.3 Å². The van der Waals surface area contributed by atoms with Crippen LogP contribution in [0.3, 0.4) is 0 Å². The molecule has 3 heteroatoms. The summed E-state index contributed by atoms with van der Waals surface area (Å²) in [6.45, 7) is 6.44. The van der Waals surface area contributed by atoms with E-state index in [1.54, 1.807) is 0 Å². The SMILES string of the molecule is CC(C)(C)OC(=O)C[C@@H](Cc1ccccc1)[C@@H]1CO1. The average molecular weight is 262 g/mol. The van der Waals surface area contributed by atoms with Crippen LogP contribution in [0.25, 0.3) is 0 Å². The molecule has 1 fully saturated rings. The van der Waals surface area contributed by atoms with E-state index in [0.717, 1.165) is 13.0 Å². The predicted molar refractivity (Wildman–Crippen MR) is 73.8 cm³/mol. The van der Waals surface area contributed by atoms with Crippen LogP contribution in [0, 0.1) is 5.92 Å². The Morgan fingerprint density at radius 1 is 1.37 bits per heavy atom. The van der Waals surface area contributed by atoms with Crippen LogP contribution >= 0.6 is 0 Å². The van der Waals surface area contributed by atoms with Crippen LogP contribution in [0.2, 0.25) is 0 Å². The molecule has 1 saturated heterocycles. The van der Waals surface area contributed by atoms with E-state index in [1.165, 1.54) is 5.56 Å². The summed E-state index contributed by atoms with van der Waals surface area (Å²) in [5, 5.41) is 0. The summed E-state index contributed by atoms with van der Waals surface area (Å²) in [7, 11) is 0. The second-order valence-corrected chi connectivity index (χ2v) is 6.11. The van der Waals surface area contributed by atoms with Gasteiger partial charge in [0, 0.05) is 5.92 Å². The van der Waals surface area contributed by atoms with E-state index in [4.69, 9.17) is 9.47 Å². The molecule has 1 aromatic rings. The van der Waals surface area contributed by atoms with E-state index in [2.05, 4.69) is 12.1 Å². The van der Waals surface area contributed by atoms with E-state index in [9.17, 15) is 4.79 Å². The fourth-order valence-electron chi connectivity index (χ4n) is 2.18. The smallest absolute Gasteiger partial charge is 0.306 e. The number of carbonyl (C=O) groups is 1. The normalized spacial score (nSPS) is 19.8. The van der Waals surface area contributed by atoms with Crippen molar-refractivity contribution in [1.82, 2.24) is 0 Å². The van der Waals surface area contributed by atoms with Gasteiger partial charge in [0.25, 0.3) is 0 Å². The largest absolute Gasteiger partial charge is 0.460 e. The van der Waals surface area contributed by atoms with Gasteiger partial charge < -0.3 is 9.47 Å². The number of benzene rings is 1. The molecule has 0 N–H and O–H groups in total. The highest BCUT2D eigenvalue weighted by Gasteiger charge is 2.35. The summed E-state index contributed by atoms with van der Waals surface area (Å²) in [6.07, 6.45) is 1.51. The molecule has 104 valence electrons. The van der Waals surface area contributed by atoms with Crippen molar-refractivity contribution in [2.75, 3.05) is 6.61 Å². The van der Waals surface area contributed by atoms with E-state index >= 15 is 0 Å². The van der Waals surface area contributed by atoms with Crippen LogP contribution < -0.4 is 0 Å². The molecule has 2 rings (SSSR count). The van der Waals surface area contributed by atoms with Crippen LogP contribution in [-0.4, -0.2) is 24.3 Å². The molecule has 1 heterocycles. The Morgan fingerprint density at radius 2 is 2.00 bits per heavy atom. The maximum absolute atomic E-state index is 11.9. The summed E-state index contributed by atoms with van der Waals surface area (Å²) < 4.78 is 10.8. The van der Waals surface area contributed by atoms with Crippen molar-refractivity contribution >= 4 is 5.97 Å². The van der Waals surface area contributed by atoms with Gasteiger partial charge in [0.2, 0.25) is 0 Å². The van der Waals surface area contributed by atoms with Crippen molar-refractivity contribution in [3.05, 3.63) is 35.9 Å². The Balaban J connectivity index is 1.92. The standard InChI is InChI=1S/C16H22O3/c1-16(2,3)19-15(17)10-13(14-11-18-14)9-12-7-5-4-6-8-12/h4-8,13-14H,9-11H2,1-3H3/t13-,14+/m1/s1. The average Bonchev–Trinajstić information content (AvgIpc) is 3.10. The first-order chi connectivity index (χ1) is 8.94. The van der Waals surface area contributed by atoms with Crippen LogP contribution in [0.4, 0.5) is 0 Å². The van der Waals surface area contributed by atoms with Gasteiger partial charge in [-0.05, 0) is 32.8 Å². The Kier molecular flexibility index (Phi) is 4.25. The highest BCUT2D eigenvalue weighted by atomic mass is 16.6. The topological polar surface area (TPSA) is 38.8 Å². The molecule has 0 saturated carbocycles. The number of hydrogen-bond donors (Lipinski definition) is 0. The van der Waals surface area contributed by atoms with E-state index in [0.29, 0.717) is 6.42 Å². The van der Waals surface area contributed by atoms with Gasteiger partial charge in [-0.25, -0.2) is 0 Å². The van der Waals surface area contributed by atoms with E-state index in [1.807, 2.05) is 39.0 Å². The third-order valence-corrected chi connectivity index (χ3v) is 3.07. The molecule has 0 spiro atoms. The second-order valence-electron chi connectivity index (χ2n) is 6.11. The first-order valence-corrected chi connectivity index (χ1v) is 6.81. The molecule has 0 radical (unpaired) electrons. The molecular weight excluding hydrogens is 240 g/mol. The van der Waals surface area contributed by atoms with Crippen LogP contribution in [0.1, 0.15) is 32.8 Å². The lowest BCUT2D eigenvalue weighted by molar-refractivity contribution is -0.156. The Morgan fingerprint density at radius 3 is 2.53 bits per heavy atom. The minimum atomic E-state index is -0.418. The molecule has 0 aliphatic carbocycles. The number of esters is 1. The molecule has 0 amide bonds. The zero-order valence-corrected chi connectivity index (χ0v) is 11.9. The Labute approximate surface area is 114 Å². The van der Waals surface area contributed by atoms with Crippen molar-refractivity contribution in [3.63, 3.8) is 0 Å². The summed E-state index contributed by atoms with van der Waals surface area (Å²) in [5.74, 6) is 0.0844. The van der Waals surface area contributed by atoms with Gasteiger partial charge in [-0.2, -0.15) is 0 Å². The Hall–Kier alpha value is -1.35. The van der Waals surface area contributed by atoms with Gasteiger partial charge in [0.15, 0.2) is 0 Å². The van der Waals surface area contributed by atoms with Gasteiger partial charge in [0.05, 0.1) is 19.1 Å². The number of rotatable bonds is 5. The first kappa shape index (κ1) is 14.1. The lowest BCUT2D eigenvalue weighted by Gasteiger charge is -2.21. The molecule has 1 aromatic carbocycles. The molecule has 0 bridgehead atoms. The van der Waals surface area contributed by atoms with E-state index in [-0.39, 0.29) is 18.0 Å². The highest BCUT2D eigenvalue weighted by Crippen LogP contribution is 2.27. The molecular formula is C16H22O3. The van der Waals surface area contributed by atoms with Gasteiger partial charge >= 0.3 is 5.97 Å².